The number of nitrogens with zero attached hydrogens (tertiary/aromatic N) is 2. The average molecular weight is 411 g/mol. The molecule has 6 nitrogen and oxygen atoms in total. The van der Waals surface area contributed by atoms with Gasteiger partial charge in [-0.15, -0.1) is 0 Å². The summed E-state index contributed by atoms with van der Waals surface area (Å²) in [5.74, 6) is -0.269. The van der Waals surface area contributed by atoms with E-state index in [1.807, 2.05) is 0 Å². The van der Waals surface area contributed by atoms with Crippen LogP contribution in [0.15, 0.2) is 53.3 Å². The molecule has 1 amide bonds. The Morgan fingerprint density at radius 2 is 2.14 bits per heavy atom. The molecule has 0 saturated carbocycles. The zero-order valence-electron chi connectivity index (χ0n) is 14.2. The molecule has 10 heteroatoms. The van der Waals surface area contributed by atoms with E-state index in [1.165, 1.54) is 12.3 Å². The molecule has 0 unspecified atom stereocenters. The molecule has 0 bridgehead atoms. The summed E-state index contributed by atoms with van der Waals surface area (Å²) in [7, 11) is 0. The maximum absolute atomic E-state index is 13.6. The van der Waals surface area contributed by atoms with Gasteiger partial charge in [0.25, 0.3) is 5.91 Å². The Hall–Kier alpha value is -2.94. The van der Waals surface area contributed by atoms with Crippen molar-refractivity contribution in [3.05, 3.63) is 65.2 Å². The van der Waals surface area contributed by atoms with Crippen LogP contribution in [0.4, 0.5) is 24.7 Å². The van der Waals surface area contributed by atoms with Crippen LogP contribution in [-0.2, 0) is 0 Å². The molecule has 3 heterocycles. The molecule has 0 spiro atoms. The lowest BCUT2D eigenvalue weighted by Gasteiger charge is -2.32. The molecule has 28 heavy (non-hydrogen) atoms. The van der Waals surface area contributed by atoms with Gasteiger partial charge in [-0.25, -0.2) is 4.68 Å². The Morgan fingerprint density at radius 1 is 1.32 bits per heavy atom. The Bertz CT molecular complexity index is 1000. The molecule has 0 fully saturated rings. The third-order valence-electron chi connectivity index (χ3n) is 4.45. The molecular formula is C18H14ClF3N4O2. The number of alkyl halides is 3. The van der Waals surface area contributed by atoms with Crippen LogP contribution in [-0.4, -0.2) is 21.9 Å². The van der Waals surface area contributed by atoms with Crippen molar-refractivity contribution < 1.29 is 22.4 Å². The first-order valence-electron chi connectivity index (χ1n) is 8.34. The second-order valence-corrected chi connectivity index (χ2v) is 6.76. The number of hydrogen-bond donors (Lipinski definition) is 2. The summed E-state index contributed by atoms with van der Waals surface area (Å²) in [5.41, 5.74) is 0.411. The quantitative estimate of drug-likeness (QED) is 0.634. The molecule has 4 rings (SSSR count). The minimum absolute atomic E-state index is 0.00881. The summed E-state index contributed by atoms with van der Waals surface area (Å²) < 4.78 is 46.9. The summed E-state index contributed by atoms with van der Waals surface area (Å²) in [6.45, 7) is 0. The van der Waals surface area contributed by atoms with E-state index in [4.69, 9.17) is 16.0 Å². The molecule has 0 saturated heterocycles. The molecule has 3 aromatic rings. The van der Waals surface area contributed by atoms with Crippen molar-refractivity contribution in [3.63, 3.8) is 0 Å². The molecule has 2 N–H and O–H groups in total. The summed E-state index contributed by atoms with van der Waals surface area (Å²) in [5, 5.41) is 9.80. The number of carbonyl (C=O) groups excluding carboxylic acids is 1. The van der Waals surface area contributed by atoms with Crippen molar-refractivity contribution >= 4 is 29.0 Å². The summed E-state index contributed by atoms with van der Waals surface area (Å²) in [6.07, 6.45) is -2.33. The number of anilines is 2. The maximum Gasteiger partial charge on any atom is 0.410 e. The van der Waals surface area contributed by atoms with E-state index >= 15 is 0 Å². The monoisotopic (exact) mass is 410 g/mol. The van der Waals surface area contributed by atoms with Gasteiger partial charge in [-0.05, 0) is 30.3 Å². The second kappa shape index (κ2) is 6.90. The van der Waals surface area contributed by atoms with Crippen molar-refractivity contribution in [2.75, 3.05) is 10.6 Å². The molecule has 1 aromatic carbocycles. The van der Waals surface area contributed by atoms with Crippen molar-refractivity contribution in [1.29, 1.82) is 0 Å². The van der Waals surface area contributed by atoms with E-state index in [9.17, 15) is 18.0 Å². The van der Waals surface area contributed by atoms with E-state index in [2.05, 4.69) is 15.7 Å². The predicted octanol–water partition coefficient (Wildman–Crippen LogP) is 5.04. The number of aromatic nitrogens is 2. The van der Waals surface area contributed by atoms with Crippen molar-refractivity contribution in [3.8, 4) is 0 Å². The van der Waals surface area contributed by atoms with Crippen LogP contribution < -0.4 is 10.6 Å². The van der Waals surface area contributed by atoms with Gasteiger partial charge in [0.2, 0.25) is 0 Å². The lowest BCUT2D eigenvalue weighted by Crippen LogP contribution is -2.36. The van der Waals surface area contributed by atoms with Gasteiger partial charge in [-0.3, -0.25) is 4.79 Å². The number of benzene rings is 1. The number of rotatable bonds is 3. The Kier molecular flexibility index (Phi) is 4.54. The smallest absolute Gasteiger partial charge is 0.410 e. The van der Waals surface area contributed by atoms with Crippen LogP contribution in [0.25, 0.3) is 0 Å². The van der Waals surface area contributed by atoms with Crippen molar-refractivity contribution in [2.45, 2.75) is 24.7 Å². The zero-order valence-corrected chi connectivity index (χ0v) is 15.0. The van der Waals surface area contributed by atoms with E-state index < -0.39 is 24.2 Å². The number of fused-ring (bicyclic) bond motifs is 1. The molecule has 0 aliphatic carbocycles. The number of nitrogens with one attached hydrogen (secondary N) is 2. The van der Waals surface area contributed by atoms with Gasteiger partial charge in [-0.1, -0.05) is 17.7 Å². The topological polar surface area (TPSA) is 72.1 Å². The van der Waals surface area contributed by atoms with E-state index in [1.54, 1.807) is 30.3 Å². The van der Waals surface area contributed by atoms with Crippen molar-refractivity contribution in [2.24, 2.45) is 0 Å². The highest BCUT2D eigenvalue weighted by molar-refractivity contribution is 6.31. The van der Waals surface area contributed by atoms with Crippen molar-refractivity contribution in [1.82, 2.24) is 9.78 Å². The van der Waals surface area contributed by atoms with Gasteiger partial charge in [0.15, 0.2) is 6.04 Å². The molecule has 2 atom stereocenters. The number of furan rings is 1. The van der Waals surface area contributed by atoms with E-state index in [0.717, 1.165) is 10.9 Å². The van der Waals surface area contributed by atoms with Crippen LogP contribution >= 0.6 is 11.6 Å². The zero-order chi connectivity index (χ0) is 19.9. The lowest BCUT2D eigenvalue weighted by molar-refractivity contribution is -0.174. The first-order chi connectivity index (χ1) is 13.3. The van der Waals surface area contributed by atoms with Gasteiger partial charge < -0.3 is 15.1 Å². The van der Waals surface area contributed by atoms with E-state index in [0.29, 0.717) is 16.5 Å². The summed E-state index contributed by atoms with van der Waals surface area (Å²) in [6, 6.07) is 7.00. The number of amides is 1. The minimum Gasteiger partial charge on any atom is -0.467 e. The first-order valence-corrected chi connectivity index (χ1v) is 8.72. The highest BCUT2D eigenvalue weighted by Crippen LogP contribution is 2.44. The second-order valence-electron chi connectivity index (χ2n) is 6.32. The number of halogens is 4. The van der Waals surface area contributed by atoms with Crippen LogP contribution in [0.1, 0.15) is 34.6 Å². The molecule has 1 aliphatic rings. The third kappa shape index (κ3) is 3.45. The molecule has 1 aliphatic heterocycles. The van der Waals surface area contributed by atoms with Gasteiger partial charge >= 0.3 is 6.18 Å². The maximum atomic E-state index is 13.6. The number of hydrogen-bond acceptors (Lipinski definition) is 4. The van der Waals surface area contributed by atoms with Crippen LogP contribution in [0.3, 0.4) is 0 Å². The Balaban J connectivity index is 1.68. The third-order valence-corrected chi connectivity index (χ3v) is 4.69. The van der Waals surface area contributed by atoms with Crippen LogP contribution in [0.2, 0.25) is 5.02 Å². The van der Waals surface area contributed by atoms with Gasteiger partial charge in [0, 0.05) is 17.1 Å². The number of carbonyl (C=O) groups is 1. The SMILES string of the molecule is O=C(Nc1cccc(Cl)c1)c1cnn2c1N[C@@H](c1ccco1)C[C@H]2C(F)(F)F. The highest BCUT2D eigenvalue weighted by Gasteiger charge is 2.47. The fraction of sp³-hybridized carbons (Fsp3) is 0.222. The highest BCUT2D eigenvalue weighted by atomic mass is 35.5. The normalized spacial score (nSPS) is 19.0. The van der Waals surface area contributed by atoms with Gasteiger partial charge in [0.05, 0.1) is 18.5 Å². The largest absolute Gasteiger partial charge is 0.467 e. The van der Waals surface area contributed by atoms with Crippen LogP contribution in [0.5, 0.6) is 0 Å². The Morgan fingerprint density at radius 3 is 2.82 bits per heavy atom. The average Bonchev–Trinajstić information content (AvgIpc) is 3.29. The minimum atomic E-state index is -4.53. The fourth-order valence-corrected chi connectivity index (χ4v) is 3.36. The predicted molar refractivity (Wildman–Crippen MR) is 96.4 cm³/mol. The van der Waals surface area contributed by atoms with E-state index in [-0.39, 0.29) is 17.8 Å². The summed E-state index contributed by atoms with van der Waals surface area (Å²) in [4.78, 5) is 12.7. The fourth-order valence-electron chi connectivity index (χ4n) is 3.17. The Labute approximate surface area is 162 Å². The summed E-state index contributed by atoms with van der Waals surface area (Å²) >= 11 is 5.90. The standard InChI is InChI=1S/C18H14ClF3N4O2/c19-10-3-1-4-11(7-10)24-17(27)12-9-23-26-15(18(20,21)22)8-13(25-16(12)26)14-5-2-6-28-14/h1-7,9,13,15,25H,8H2,(H,24,27)/t13-,15+/m1/s1. The van der Waals surface area contributed by atoms with Gasteiger partial charge in [-0.2, -0.15) is 18.3 Å². The van der Waals surface area contributed by atoms with Crippen LogP contribution in [0, 0.1) is 0 Å². The first kappa shape index (κ1) is 18.4. The molecule has 2 aromatic heterocycles. The molecule has 146 valence electrons. The lowest BCUT2D eigenvalue weighted by atomic mass is 10.0. The molecular weight excluding hydrogens is 397 g/mol. The van der Waals surface area contributed by atoms with Gasteiger partial charge in [0.1, 0.15) is 17.1 Å². The molecule has 0 radical (unpaired) electrons.